The first-order valence-corrected chi connectivity index (χ1v) is 8.50. The normalized spacial score (nSPS) is 11.4. The van der Waals surface area contributed by atoms with Crippen molar-refractivity contribution in [3.63, 3.8) is 0 Å². The van der Waals surface area contributed by atoms with Crippen LogP contribution in [0.2, 0.25) is 0 Å². The molecule has 0 spiro atoms. The van der Waals surface area contributed by atoms with E-state index in [1.165, 1.54) is 0 Å². The fraction of sp³-hybridized carbons (Fsp3) is 0.684. The van der Waals surface area contributed by atoms with Gasteiger partial charge >= 0.3 is 0 Å². The molecule has 22 heavy (non-hydrogen) atoms. The van der Waals surface area contributed by atoms with Crippen molar-refractivity contribution < 1.29 is 14.2 Å². The van der Waals surface area contributed by atoms with E-state index >= 15 is 0 Å². The Hall–Kier alpha value is -1.38. The Kier molecular flexibility index (Phi) is 7.57. The minimum absolute atomic E-state index is 0.0462. The summed E-state index contributed by atoms with van der Waals surface area (Å²) in [7, 11) is 0. The molecule has 1 aromatic carbocycles. The molecule has 1 rings (SSSR count). The number of hydrogen-bond acceptors (Lipinski definition) is 3. The number of rotatable bonds is 9. The van der Waals surface area contributed by atoms with E-state index in [1.807, 2.05) is 12.1 Å². The standard InChI is InChI=1S/C19H32O3/c1-7-10-20-15-13-16(21-11-8-2)18(19(4,5)6)17(14-15)22-12-9-3/h13-14H,7-12H2,1-6H3. The smallest absolute Gasteiger partial charge is 0.130 e. The summed E-state index contributed by atoms with van der Waals surface area (Å²) >= 11 is 0. The van der Waals surface area contributed by atoms with Crippen LogP contribution in [0.4, 0.5) is 0 Å². The number of hydrogen-bond donors (Lipinski definition) is 0. The summed E-state index contributed by atoms with van der Waals surface area (Å²) < 4.78 is 17.8. The summed E-state index contributed by atoms with van der Waals surface area (Å²) in [4.78, 5) is 0. The van der Waals surface area contributed by atoms with Crippen LogP contribution < -0.4 is 14.2 Å². The van der Waals surface area contributed by atoms with Gasteiger partial charge in [0.15, 0.2) is 0 Å². The average molecular weight is 308 g/mol. The van der Waals surface area contributed by atoms with E-state index in [0.717, 1.165) is 42.1 Å². The lowest BCUT2D eigenvalue weighted by molar-refractivity contribution is 0.275. The topological polar surface area (TPSA) is 27.7 Å². The lowest BCUT2D eigenvalue weighted by Crippen LogP contribution is -2.16. The van der Waals surface area contributed by atoms with Gasteiger partial charge in [-0.2, -0.15) is 0 Å². The Morgan fingerprint density at radius 3 is 1.50 bits per heavy atom. The zero-order chi connectivity index (χ0) is 16.6. The van der Waals surface area contributed by atoms with Crippen LogP contribution >= 0.6 is 0 Å². The van der Waals surface area contributed by atoms with E-state index in [-0.39, 0.29) is 5.41 Å². The molecule has 1 aromatic rings. The van der Waals surface area contributed by atoms with E-state index in [1.54, 1.807) is 0 Å². The third-order valence-electron chi connectivity index (χ3n) is 3.19. The van der Waals surface area contributed by atoms with Gasteiger partial charge in [0.1, 0.15) is 17.2 Å². The molecule has 0 unspecified atom stereocenters. The molecule has 0 amide bonds. The molecule has 3 nitrogen and oxygen atoms in total. The van der Waals surface area contributed by atoms with Gasteiger partial charge in [0, 0.05) is 17.7 Å². The first-order valence-electron chi connectivity index (χ1n) is 8.50. The van der Waals surface area contributed by atoms with Gasteiger partial charge in [-0.15, -0.1) is 0 Å². The Bertz CT molecular complexity index is 417. The summed E-state index contributed by atoms with van der Waals surface area (Å²) in [6.45, 7) is 15.0. The van der Waals surface area contributed by atoms with E-state index in [2.05, 4.69) is 41.5 Å². The van der Waals surface area contributed by atoms with Crippen molar-refractivity contribution in [1.82, 2.24) is 0 Å². The molecule has 0 bridgehead atoms. The highest BCUT2D eigenvalue weighted by Crippen LogP contribution is 2.42. The number of ether oxygens (including phenoxy) is 3. The lowest BCUT2D eigenvalue weighted by atomic mass is 9.85. The van der Waals surface area contributed by atoms with Crippen LogP contribution in [0.5, 0.6) is 17.2 Å². The second-order valence-electron chi connectivity index (χ2n) is 6.59. The van der Waals surface area contributed by atoms with Gasteiger partial charge in [-0.05, 0) is 24.7 Å². The molecule has 0 N–H and O–H groups in total. The maximum Gasteiger partial charge on any atom is 0.130 e. The maximum atomic E-state index is 5.99. The van der Waals surface area contributed by atoms with Crippen molar-refractivity contribution >= 4 is 0 Å². The quantitative estimate of drug-likeness (QED) is 0.615. The first kappa shape index (κ1) is 18.7. The van der Waals surface area contributed by atoms with Crippen LogP contribution in [-0.2, 0) is 5.41 Å². The summed E-state index contributed by atoms with van der Waals surface area (Å²) in [5.41, 5.74) is 1.08. The zero-order valence-corrected chi connectivity index (χ0v) is 15.1. The van der Waals surface area contributed by atoms with Crippen molar-refractivity contribution in [3.05, 3.63) is 17.7 Å². The van der Waals surface area contributed by atoms with Gasteiger partial charge in [0.05, 0.1) is 19.8 Å². The Labute approximate surface area is 136 Å². The molecule has 0 aromatic heterocycles. The maximum absolute atomic E-state index is 5.99. The summed E-state index contributed by atoms with van der Waals surface area (Å²) in [6.07, 6.45) is 2.95. The molecule has 126 valence electrons. The lowest BCUT2D eigenvalue weighted by Gasteiger charge is -2.26. The average Bonchev–Trinajstić information content (AvgIpc) is 2.47. The second-order valence-corrected chi connectivity index (χ2v) is 6.59. The van der Waals surface area contributed by atoms with Crippen molar-refractivity contribution in [1.29, 1.82) is 0 Å². The third kappa shape index (κ3) is 5.43. The third-order valence-corrected chi connectivity index (χ3v) is 3.19. The second kappa shape index (κ2) is 8.92. The minimum atomic E-state index is -0.0462. The van der Waals surface area contributed by atoms with E-state index in [0.29, 0.717) is 19.8 Å². The van der Waals surface area contributed by atoms with Gasteiger partial charge < -0.3 is 14.2 Å². The molecule has 3 heteroatoms. The summed E-state index contributed by atoms with van der Waals surface area (Å²) in [6, 6.07) is 4.01. The molecule has 0 heterocycles. The minimum Gasteiger partial charge on any atom is -0.493 e. The number of benzene rings is 1. The molecule has 0 aliphatic rings. The highest BCUT2D eigenvalue weighted by molar-refractivity contribution is 5.54. The highest BCUT2D eigenvalue weighted by Gasteiger charge is 2.25. The monoisotopic (exact) mass is 308 g/mol. The van der Waals surface area contributed by atoms with Crippen molar-refractivity contribution in [2.24, 2.45) is 0 Å². The van der Waals surface area contributed by atoms with E-state index in [9.17, 15) is 0 Å². The van der Waals surface area contributed by atoms with Gasteiger partial charge in [-0.25, -0.2) is 0 Å². The van der Waals surface area contributed by atoms with Crippen molar-refractivity contribution in [2.75, 3.05) is 19.8 Å². The van der Waals surface area contributed by atoms with Crippen LogP contribution in [0, 0.1) is 0 Å². The molecular formula is C19H32O3. The predicted octanol–water partition coefficient (Wildman–Crippen LogP) is 5.35. The van der Waals surface area contributed by atoms with Gasteiger partial charge in [-0.1, -0.05) is 41.5 Å². The van der Waals surface area contributed by atoms with Crippen molar-refractivity contribution in [3.8, 4) is 17.2 Å². The summed E-state index contributed by atoms with van der Waals surface area (Å²) in [5, 5.41) is 0. The summed E-state index contributed by atoms with van der Waals surface area (Å²) in [5.74, 6) is 2.59. The molecule has 0 saturated heterocycles. The van der Waals surface area contributed by atoms with E-state index < -0.39 is 0 Å². The van der Waals surface area contributed by atoms with Crippen LogP contribution in [-0.4, -0.2) is 19.8 Å². The van der Waals surface area contributed by atoms with Gasteiger partial charge in [0.25, 0.3) is 0 Å². The predicted molar refractivity (Wildman–Crippen MR) is 92.5 cm³/mol. The Morgan fingerprint density at radius 1 is 0.727 bits per heavy atom. The van der Waals surface area contributed by atoms with Crippen LogP contribution in [0.3, 0.4) is 0 Å². The molecule has 0 saturated carbocycles. The SMILES string of the molecule is CCCOc1cc(OCCC)c(C(C)(C)C)c(OCCC)c1. The van der Waals surface area contributed by atoms with Gasteiger partial charge in [0.2, 0.25) is 0 Å². The molecule has 0 fully saturated rings. The molecule has 0 aliphatic carbocycles. The van der Waals surface area contributed by atoms with Gasteiger partial charge in [-0.3, -0.25) is 0 Å². The molecule has 0 aliphatic heterocycles. The van der Waals surface area contributed by atoms with Crippen LogP contribution in [0.25, 0.3) is 0 Å². The molecule has 0 radical (unpaired) electrons. The van der Waals surface area contributed by atoms with Crippen LogP contribution in [0.1, 0.15) is 66.4 Å². The fourth-order valence-electron chi connectivity index (χ4n) is 2.26. The van der Waals surface area contributed by atoms with E-state index in [4.69, 9.17) is 14.2 Å². The van der Waals surface area contributed by atoms with Crippen LogP contribution in [0.15, 0.2) is 12.1 Å². The largest absolute Gasteiger partial charge is 0.493 e. The molecular weight excluding hydrogens is 276 g/mol. The molecule has 0 atom stereocenters. The first-order chi connectivity index (χ1) is 10.4. The zero-order valence-electron chi connectivity index (χ0n) is 15.1. The van der Waals surface area contributed by atoms with Crippen molar-refractivity contribution in [2.45, 2.75) is 66.2 Å². The Balaban J connectivity index is 3.26. The Morgan fingerprint density at radius 2 is 1.14 bits per heavy atom. The highest BCUT2D eigenvalue weighted by atomic mass is 16.5. The fourth-order valence-corrected chi connectivity index (χ4v) is 2.26.